The number of hydrogen-bond acceptors (Lipinski definition) is 7. The van der Waals surface area contributed by atoms with Crippen LogP contribution in [0, 0.1) is 19.3 Å². The van der Waals surface area contributed by atoms with Gasteiger partial charge in [0, 0.05) is 11.3 Å². The summed E-state index contributed by atoms with van der Waals surface area (Å²) >= 11 is 1.55. The monoisotopic (exact) mass is 787 g/mol. The first kappa shape index (κ1) is 51.0. The molecule has 10 nitrogen and oxygen atoms in total. The van der Waals surface area contributed by atoms with Crippen LogP contribution in [-0.2, 0) is 26.6 Å². The number of benzene rings is 5. The minimum Gasteiger partial charge on any atom is -0.634 e. The molecule has 0 spiro atoms. The molecule has 55 heavy (non-hydrogen) atoms. The number of amidine groups is 1. The molecule has 0 aliphatic rings. The maximum Gasteiger partial charge on any atom is 1.00 e. The zero-order valence-corrected chi connectivity index (χ0v) is 36.3. The van der Waals surface area contributed by atoms with E-state index in [1.165, 1.54) is 16.7 Å². The third-order valence-corrected chi connectivity index (χ3v) is 7.57. The average Bonchev–Trinajstić information content (AvgIpc) is 3.19. The van der Waals surface area contributed by atoms with Crippen LogP contribution >= 0.6 is 11.9 Å². The van der Waals surface area contributed by atoms with Gasteiger partial charge in [0.15, 0.2) is 5.91 Å². The fraction of sp³-hybridized carbons (Fsp3) is 0.209. The summed E-state index contributed by atoms with van der Waals surface area (Å²) < 4.78 is 2.93. The number of primary amides is 1. The summed E-state index contributed by atoms with van der Waals surface area (Å²) in [4.78, 5) is 32.4. The van der Waals surface area contributed by atoms with Crippen LogP contribution in [-0.4, -0.2) is 56.8 Å². The Hall–Kier alpha value is -3.95. The minimum absolute atomic E-state index is 0. The second kappa shape index (κ2) is 34.5. The Morgan fingerprint density at radius 1 is 0.727 bits per heavy atom. The molecule has 5 aromatic carbocycles. The van der Waals surface area contributed by atoms with Crippen molar-refractivity contribution < 1.29 is 65.8 Å². The molecule has 0 aliphatic heterocycles. The van der Waals surface area contributed by atoms with Gasteiger partial charge >= 0.3 is 51.4 Å². The number of aldehydes is 1. The molecule has 0 saturated carbocycles. The van der Waals surface area contributed by atoms with Crippen LogP contribution in [0.3, 0.4) is 0 Å². The second-order valence-electron chi connectivity index (χ2n) is 11.5. The number of rotatable bonds is 14. The molecule has 0 radical (unpaired) electrons. The zero-order valence-electron chi connectivity index (χ0n) is 32.4. The van der Waals surface area contributed by atoms with Crippen LogP contribution in [0.4, 0.5) is 0 Å². The van der Waals surface area contributed by atoms with Crippen molar-refractivity contribution in [2.75, 3.05) is 26.7 Å². The molecular weight excluding hydrogens is 734 g/mol. The quantitative estimate of drug-likeness (QED) is 0.0250. The van der Waals surface area contributed by atoms with Crippen LogP contribution in [0.2, 0.25) is 0 Å². The second-order valence-corrected chi connectivity index (χ2v) is 12.4. The van der Waals surface area contributed by atoms with Crippen LogP contribution in [0.25, 0.3) is 5.32 Å². The van der Waals surface area contributed by atoms with E-state index < -0.39 is 12.1 Å². The first-order valence-corrected chi connectivity index (χ1v) is 18.3. The van der Waals surface area contributed by atoms with E-state index >= 15 is 0 Å². The Bertz CT molecular complexity index is 1620. The predicted molar refractivity (Wildman–Crippen MR) is 225 cm³/mol. The molecule has 1 unspecified atom stereocenters. The van der Waals surface area contributed by atoms with Crippen molar-refractivity contribution >= 4 is 35.9 Å². The number of carbonyl (C=O) groups is 3. The minimum atomic E-state index is -0.556. The predicted octanol–water partition coefficient (Wildman–Crippen LogP) is 3.34. The molecule has 0 fully saturated rings. The Morgan fingerprint density at radius 2 is 1.18 bits per heavy atom. The summed E-state index contributed by atoms with van der Waals surface area (Å²) in [7, 11) is 1.66. The van der Waals surface area contributed by atoms with Crippen LogP contribution in [0.1, 0.15) is 27.8 Å². The summed E-state index contributed by atoms with van der Waals surface area (Å²) in [6, 6.07) is 49.7. The molecule has 2 amide bonds. The van der Waals surface area contributed by atoms with Gasteiger partial charge in [-0.05, 0) is 38.4 Å². The van der Waals surface area contributed by atoms with Gasteiger partial charge in [0.2, 0.25) is 5.91 Å². The third kappa shape index (κ3) is 30.0. The van der Waals surface area contributed by atoms with Crippen molar-refractivity contribution in [3.05, 3.63) is 185 Å². The third-order valence-electron chi connectivity index (χ3n) is 6.72. The zero-order chi connectivity index (χ0) is 39.7. The number of nitrogens with one attached hydrogen (secondary N) is 4. The number of hydrogen-bond donors (Lipinski definition) is 6. The van der Waals surface area contributed by atoms with Crippen molar-refractivity contribution in [2.45, 2.75) is 32.2 Å². The normalized spacial score (nSPS) is 9.87. The van der Waals surface area contributed by atoms with Crippen molar-refractivity contribution in [3.63, 3.8) is 0 Å². The number of nitrogens with two attached hydrogens (primary N) is 2. The van der Waals surface area contributed by atoms with E-state index in [4.69, 9.17) is 16.9 Å². The summed E-state index contributed by atoms with van der Waals surface area (Å²) in [5.74, 6) is 0.110. The molecular formula is C43H54KN7O3S. The SMILES string of the molecule is CNCC(=O)NC(Cc1ccc(C(=N)N)cc1)[N-]CC(N)=O.Cc1ccccc1.Cc1ccccc1.O=CCNSCc1ccccc1.[K+].c1ccccc1. The molecule has 0 heterocycles. The number of nitrogen functional groups attached to an aromatic ring is 1. The summed E-state index contributed by atoms with van der Waals surface area (Å²) in [5.41, 5.74) is 15.9. The molecule has 8 N–H and O–H groups in total. The van der Waals surface area contributed by atoms with Gasteiger partial charge in [-0.25, -0.2) is 0 Å². The number of aryl methyl sites for hydroxylation is 2. The van der Waals surface area contributed by atoms with E-state index in [0.29, 0.717) is 18.5 Å². The number of likely N-dealkylation sites (N-methyl/N-ethyl adjacent to an activating group) is 1. The van der Waals surface area contributed by atoms with E-state index in [0.717, 1.165) is 17.6 Å². The molecule has 286 valence electrons. The fourth-order valence-corrected chi connectivity index (χ4v) is 4.70. The van der Waals surface area contributed by atoms with E-state index in [-0.39, 0.29) is 76.2 Å². The molecule has 0 aliphatic carbocycles. The van der Waals surface area contributed by atoms with Crippen molar-refractivity contribution in [3.8, 4) is 0 Å². The smallest absolute Gasteiger partial charge is 0.634 e. The summed E-state index contributed by atoms with van der Waals surface area (Å²) in [6.07, 6.45) is 0.732. The summed E-state index contributed by atoms with van der Waals surface area (Å²) in [5, 5.41) is 16.9. The fourth-order valence-electron chi connectivity index (χ4n) is 4.06. The van der Waals surface area contributed by atoms with E-state index in [1.54, 1.807) is 43.3 Å². The van der Waals surface area contributed by atoms with Crippen molar-refractivity contribution in [1.82, 2.24) is 15.4 Å². The first-order valence-electron chi connectivity index (χ1n) is 17.3. The largest absolute Gasteiger partial charge is 1.00 e. The maximum absolute atomic E-state index is 11.6. The van der Waals surface area contributed by atoms with Gasteiger partial charge in [-0.15, -0.1) is 0 Å². The first-order chi connectivity index (χ1) is 26.1. The molecule has 0 aromatic heterocycles. The van der Waals surface area contributed by atoms with Crippen LogP contribution in [0.5, 0.6) is 0 Å². The Morgan fingerprint density at radius 3 is 1.56 bits per heavy atom. The van der Waals surface area contributed by atoms with Crippen LogP contribution in [0.15, 0.2) is 152 Å². The van der Waals surface area contributed by atoms with Gasteiger partial charge < -0.3 is 32.2 Å². The van der Waals surface area contributed by atoms with Gasteiger partial charge in [0.25, 0.3) is 0 Å². The molecule has 1 atom stereocenters. The topological polar surface area (TPSA) is 177 Å². The Labute approximate surface area is 374 Å². The van der Waals surface area contributed by atoms with Crippen molar-refractivity contribution in [1.29, 1.82) is 5.41 Å². The van der Waals surface area contributed by atoms with Gasteiger partial charge in [-0.1, -0.05) is 187 Å². The molecule has 5 rings (SSSR count). The van der Waals surface area contributed by atoms with E-state index in [1.807, 2.05) is 91.0 Å². The standard InChI is InChI=1S/C14H21N6O2.C9H11NOS.2C7H8.C6H6.K/c1-18-8-13(22)20-12(19-7-11(15)21)6-9-2-4-10(5-3-9)14(16)17;11-7-6-10-12-8-9-4-2-1-3-5-9;2*1-7-5-3-2-4-6-7;1-2-4-6-5-3-1;/h2-5,12,18H,6-8H2,1H3,(H2,15,21)(H3,16,17)(H,20,22);1-5,7,10H,6,8H2;2*2-6H,1H3;1-6H;/q-1;;;;;+1. The van der Waals surface area contributed by atoms with Gasteiger partial charge in [0.1, 0.15) is 12.1 Å². The summed E-state index contributed by atoms with van der Waals surface area (Å²) in [6.45, 7) is 4.58. The van der Waals surface area contributed by atoms with Crippen LogP contribution < -0.4 is 78.2 Å². The maximum atomic E-state index is 11.6. The number of nitrogens with zero attached hydrogens (tertiary/aromatic N) is 1. The van der Waals surface area contributed by atoms with E-state index in [9.17, 15) is 14.4 Å². The molecule has 0 saturated heterocycles. The average molecular weight is 788 g/mol. The van der Waals surface area contributed by atoms with Crippen molar-refractivity contribution in [2.24, 2.45) is 11.5 Å². The molecule has 5 aromatic rings. The Kier molecular flexibility index (Phi) is 32.0. The Balaban J connectivity index is 0.000000734. The molecule has 12 heteroatoms. The number of amides is 2. The van der Waals surface area contributed by atoms with E-state index in [2.05, 4.69) is 70.9 Å². The number of carbonyl (C=O) groups excluding carboxylic acids is 3. The van der Waals surface area contributed by atoms with Gasteiger partial charge in [-0.3, -0.25) is 19.7 Å². The van der Waals surface area contributed by atoms with Gasteiger partial charge in [0.05, 0.1) is 13.1 Å². The molecule has 0 bridgehead atoms. The van der Waals surface area contributed by atoms with Gasteiger partial charge in [-0.2, -0.15) is 0 Å².